The zero-order chi connectivity index (χ0) is 26.1. The summed E-state index contributed by atoms with van der Waals surface area (Å²) in [5, 5.41) is 9.30. The first-order chi connectivity index (χ1) is 18.6. The summed E-state index contributed by atoms with van der Waals surface area (Å²) in [4.78, 5) is 20.3. The number of nitrogens with one attached hydrogen (secondary N) is 2. The number of thiophene rings is 1. The number of aliphatic imine (C=N–C) groups is 1. The normalized spacial score (nSPS) is 20.3. The van der Waals surface area contributed by atoms with E-state index in [4.69, 9.17) is 10.7 Å². The van der Waals surface area contributed by atoms with Crippen molar-refractivity contribution in [3.05, 3.63) is 94.6 Å². The molecule has 0 radical (unpaired) electrons. The van der Waals surface area contributed by atoms with Gasteiger partial charge in [0.1, 0.15) is 11.2 Å². The molecule has 2 aromatic heterocycles. The summed E-state index contributed by atoms with van der Waals surface area (Å²) in [7, 11) is 0. The second-order valence-corrected chi connectivity index (χ2v) is 11.0. The number of allylic oxidation sites excluding steroid dienone is 6. The summed E-state index contributed by atoms with van der Waals surface area (Å²) in [5.74, 6) is 0.386. The van der Waals surface area contributed by atoms with Crippen molar-refractivity contribution < 1.29 is 4.79 Å². The molecule has 3 aliphatic rings. The molecule has 1 aromatic carbocycles. The number of nitrogens with zero attached hydrogens (tertiary/aromatic N) is 3. The molecule has 0 spiro atoms. The zero-order valence-corrected chi connectivity index (χ0v) is 22.2. The molecular formula is C30H32N6OS. The number of hydrogen-bond acceptors (Lipinski definition) is 6. The van der Waals surface area contributed by atoms with Crippen molar-refractivity contribution in [2.24, 2.45) is 16.6 Å². The summed E-state index contributed by atoms with van der Waals surface area (Å²) in [6.45, 7) is 4.73. The van der Waals surface area contributed by atoms with Gasteiger partial charge in [-0.05, 0) is 43.2 Å². The number of fused-ring (bicyclic) bond motifs is 4. The Labute approximate surface area is 226 Å². The van der Waals surface area contributed by atoms with Crippen molar-refractivity contribution in [2.75, 3.05) is 23.7 Å². The molecule has 6 rings (SSSR count). The van der Waals surface area contributed by atoms with Crippen LogP contribution < -0.4 is 16.4 Å². The minimum absolute atomic E-state index is 0.0180. The average molecular weight is 525 g/mol. The Balaban J connectivity index is 1.19. The highest BCUT2D eigenvalue weighted by Crippen LogP contribution is 2.43. The fourth-order valence-corrected chi connectivity index (χ4v) is 6.60. The van der Waals surface area contributed by atoms with Crippen LogP contribution in [0.5, 0.6) is 0 Å². The number of rotatable bonds is 6. The molecule has 8 heteroatoms. The molecule has 38 heavy (non-hydrogen) atoms. The van der Waals surface area contributed by atoms with Gasteiger partial charge in [-0.3, -0.25) is 4.79 Å². The summed E-state index contributed by atoms with van der Waals surface area (Å²) >= 11 is 1.72. The predicted octanol–water partition coefficient (Wildman–Crippen LogP) is 5.36. The van der Waals surface area contributed by atoms with E-state index >= 15 is 0 Å². The van der Waals surface area contributed by atoms with E-state index in [9.17, 15) is 4.79 Å². The minimum atomic E-state index is -0.165. The van der Waals surface area contributed by atoms with Gasteiger partial charge in [0.2, 0.25) is 5.91 Å². The second kappa shape index (κ2) is 10.5. The molecule has 0 bridgehead atoms. The molecule has 0 saturated heterocycles. The Kier molecular flexibility index (Phi) is 6.74. The third-order valence-electron chi connectivity index (χ3n) is 7.30. The van der Waals surface area contributed by atoms with Crippen LogP contribution in [0.25, 0.3) is 10.9 Å². The molecule has 1 amide bonds. The topological polar surface area (TPSA) is 87.7 Å². The molecule has 4 heterocycles. The number of benzene rings is 1. The maximum absolute atomic E-state index is 12.5. The van der Waals surface area contributed by atoms with Crippen LogP contribution in [0.1, 0.15) is 29.1 Å². The third-order valence-corrected chi connectivity index (χ3v) is 8.47. The van der Waals surface area contributed by atoms with Gasteiger partial charge in [0.05, 0.1) is 12.9 Å². The molecule has 4 N–H and O–H groups in total. The van der Waals surface area contributed by atoms with E-state index in [2.05, 4.69) is 83.0 Å². The molecule has 2 aliphatic heterocycles. The first-order valence-electron chi connectivity index (χ1n) is 13.1. The van der Waals surface area contributed by atoms with Gasteiger partial charge in [0, 0.05) is 64.9 Å². The smallest absolute Gasteiger partial charge is 0.246 e. The number of hydrogen-bond donors (Lipinski definition) is 3. The van der Waals surface area contributed by atoms with E-state index < -0.39 is 0 Å². The lowest BCUT2D eigenvalue weighted by molar-refractivity contribution is -0.126. The van der Waals surface area contributed by atoms with E-state index in [0.29, 0.717) is 25.6 Å². The SMILES string of the molecule is CC1=CC=CC(Cn2ccc3cc(NC4N=CNc5sc6c(c54)CCN(C(=O)/C=C/CN)C6)ccc32)C=C1. The third kappa shape index (κ3) is 4.85. The van der Waals surface area contributed by atoms with Crippen molar-refractivity contribution in [1.82, 2.24) is 9.47 Å². The summed E-state index contributed by atoms with van der Waals surface area (Å²) in [6.07, 6.45) is 18.9. The Morgan fingerprint density at radius 3 is 3.13 bits per heavy atom. The fraction of sp³-hybridized carbons (Fsp3) is 0.267. The van der Waals surface area contributed by atoms with Crippen LogP contribution in [-0.4, -0.2) is 34.8 Å². The van der Waals surface area contributed by atoms with Gasteiger partial charge in [-0.15, -0.1) is 11.3 Å². The van der Waals surface area contributed by atoms with Crippen molar-refractivity contribution >= 4 is 45.2 Å². The van der Waals surface area contributed by atoms with Crippen molar-refractivity contribution in [3.63, 3.8) is 0 Å². The van der Waals surface area contributed by atoms with Crippen LogP contribution in [0, 0.1) is 5.92 Å². The van der Waals surface area contributed by atoms with Gasteiger partial charge in [-0.2, -0.15) is 0 Å². The van der Waals surface area contributed by atoms with Gasteiger partial charge < -0.3 is 25.8 Å². The van der Waals surface area contributed by atoms with Crippen LogP contribution in [-0.2, 0) is 24.3 Å². The number of carbonyl (C=O) groups is 1. The highest BCUT2D eigenvalue weighted by molar-refractivity contribution is 7.16. The molecule has 3 aromatic rings. The zero-order valence-electron chi connectivity index (χ0n) is 21.4. The Hall–Kier alpha value is -3.88. The van der Waals surface area contributed by atoms with E-state index in [1.807, 2.05) is 4.90 Å². The molecule has 2 atom stereocenters. The summed E-state index contributed by atoms with van der Waals surface area (Å²) in [6, 6.07) is 8.72. The second-order valence-electron chi connectivity index (χ2n) is 9.92. The van der Waals surface area contributed by atoms with E-state index in [1.165, 1.54) is 32.5 Å². The number of amides is 1. The molecular weight excluding hydrogens is 492 g/mol. The lowest BCUT2D eigenvalue weighted by atomic mass is 10.00. The number of nitrogens with two attached hydrogens (primary N) is 1. The van der Waals surface area contributed by atoms with Crippen molar-refractivity contribution in [3.8, 4) is 0 Å². The molecule has 1 aliphatic carbocycles. The monoisotopic (exact) mass is 524 g/mol. The minimum Gasteiger partial charge on any atom is -0.360 e. The number of aromatic nitrogens is 1. The predicted molar refractivity (Wildman–Crippen MR) is 158 cm³/mol. The van der Waals surface area contributed by atoms with E-state index in [0.717, 1.165) is 23.7 Å². The molecule has 7 nitrogen and oxygen atoms in total. The number of carbonyl (C=O) groups excluding carboxylic acids is 1. The van der Waals surface area contributed by atoms with Gasteiger partial charge in [-0.25, -0.2) is 4.99 Å². The first kappa shape index (κ1) is 24.5. The highest BCUT2D eigenvalue weighted by atomic mass is 32.1. The quantitative estimate of drug-likeness (QED) is 0.379. The molecule has 0 fully saturated rings. The first-order valence-corrected chi connectivity index (χ1v) is 13.9. The summed E-state index contributed by atoms with van der Waals surface area (Å²) < 4.78 is 2.32. The largest absolute Gasteiger partial charge is 0.360 e. The van der Waals surface area contributed by atoms with Crippen molar-refractivity contribution in [1.29, 1.82) is 0 Å². The maximum Gasteiger partial charge on any atom is 0.246 e. The molecule has 2 unspecified atom stereocenters. The lowest BCUT2D eigenvalue weighted by Crippen LogP contribution is -2.34. The molecule has 194 valence electrons. The molecule has 0 saturated carbocycles. The van der Waals surface area contributed by atoms with E-state index in [1.54, 1.807) is 29.8 Å². The average Bonchev–Trinajstić information content (AvgIpc) is 3.43. The van der Waals surface area contributed by atoms with Crippen LogP contribution >= 0.6 is 11.3 Å². The Bertz CT molecular complexity index is 1520. The standard InChI is InChI=1S/C30H32N6OS/c1-20-4-2-5-21(8-7-20)17-35-14-11-22-16-23(9-10-25(22)35)34-29-28-24-12-15-36(27(37)6-3-13-31)18-26(24)38-30(28)33-19-32-29/h2-11,14,16,19,21,29,34H,12-13,15,17-18,31H2,1H3,(H,32,33)/b6-3+. The van der Waals surface area contributed by atoms with Gasteiger partial charge in [-0.1, -0.05) is 42.0 Å². The number of anilines is 2. The van der Waals surface area contributed by atoms with Gasteiger partial charge in [0.25, 0.3) is 0 Å². The Morgan fingerprint density at radius 2 is 2.24 bits per heavy atom. The van der Waals surface area contributed by atoms with Gasteiger partial charge >= 0.3 is 0 Å². The van der Waals surface area contributed by atoms with Gasteiger partial charge in [0.15, 0.2) is 0 Å². The maximum atomic E-state index is 12.5. The van der Waals surface area contributed by atoms with Crippen molar-refractivity contribution in [2.45, 2.75) is 32.6 Å². The highest BCUT2D eigenvalue weighted by Gasteiger charge is 2.31. The van der Waals surface area contributed by atoms with Crippen LogP contribution in [0.15, 0.2) is 83.6 Å². The Morgan fingerprint density at radius 1 is 1.32 bits per heavy atom. The lowest BCUT2D eigenvalue weighted by Gasteiger charge is -2.28. The fourth-order valence-electron chi connectivity index (χ4n) is 5.34. The van der Waals surface area contributed by atoms with E-state index in [-0.39, 0.29) is 12.1 Å². The van der Waals surface area contributed by atoms with Crippen LogP contribution in [0.4, 0.5) is 10.7 Å². The van der Waals surface area contributed by atoms with Crippen LogP contribution in [0.3, 0.4) is 0 Å². The summed E-state index contributed by atoms with van der Waals surface area (Å²) in [5.41, 5.74) is 11.6. The van der Waals surface area contributed by atoms with Crippen LogP contribution in [0.2, 0.25) is 0 Å².